The van der Waals surface area contributed by atoms with Gasteiger partial charge in [-0.05, 0) is 30.9 Å². The van der Waals surface area contributed by atoms with Crippen LogP contribution in [-0.4, -0.2) is 21.3 Å². The molecule has 1 aromatic rings. The van der Waals surface area contributed by atoms with Gasteiger partial charge in [-0.25, -0.2) is 9.78 Å². The van der Waals surface area contributed by atoms with Gasteiger partial charge >= 0.3 is 5.97 Å². The summed E-state index contributed by atoms with van der Waals surface area (Å²) in [5.74, 6) is -0.111. The van der Waals surface area contributed by atoms with Crippen molar-refractivity contribution in [3.8, 4) is 0 Å². The van der Waals surface area contributed by atoms with E-state index in [0.717, 1.165) is 10.9 Å². The molecule has 2 rings (SSSR count). The lowest BCUT2D eigenvalue weighted by Crippen LogP contribution is -2.15. The number of carboxylic acid groups (broad SMARTS) is 1. The van der Waals surface area contributed by atoms with Gasteiger partial charge in [0.05, 0.1) is 10.6 Å². The van der Waals surface area contributed by atoms with E-state index in [1.807, 2.05) is 6.07 Å². The van der Waals surface area contributed by atoms with Crippen molar-refractivity contribution in [2.75, 3.05) is 0 Å². The Bertz CT molecular complexity index is 391. The van der Waals surface area contributed by atoms with Gasteiger partial charge < -0.3 is 5.11 Å². The number of aromatic nitrogens is 1. The number of pyridine rings is 1. The first-order chi connectivity index (χ1) is 8.15. The molecular formula is C13H17NO2S. The highest BCUT2D eigenvalue weighted by atomic mass is 32.2. The van der Waals surface area contributed by atoms with Gasteiger partial charge in [-0.15, -0.1) is 11.8 Å². The highest BCUT2D eigenvalue weighted by molar-refractivity contribution is 7.99. The van der Waals surface area contributed by atoms with Crippen molar-refractivity contribution in [1.82, 2.24) is 4.98 Å². The van der Waals surface area contributed by atoms with Crippen LogP contribution in [0.1, 0.15) is 43.0 Å². The van der Waals surface area contributed by atoms with Gasteiger partial charge in [0.1, 0.15) is 0 Å². The summed E-state index contributed by atoms with van der Waals surface area (Å²) in [5, 5.41) is 10.4. The Labute approximate surface area is 106 Å². The molecule has 1 aliphatic rings. The number of carbonyl (C=O) groups is 1. The Morgan fingerprint density at radius 2 is 2.29 bits per heavy atom. The smallest absolute Gasteiger partial charge is 0.337 e. The summed E-state index contributed by atoms with van der Waals surface area (Å²) in [5.41, 5.74) is 0.256. The summed E-state index contributed by atoms with van der Waals surface area (Å²) in [6, 6.07) is 3.44. The number of carboxylic acids is 1. The van der Waals surface area contributed by atoms with Crippen molar-refractivity contribution in [1.29, 1.82) is 0 Å². The summed E-state index contributed by atoms with van der Waals surface area (Å²) < 4.78 is 0. The predicted molar refractivity (Wildman–Crippen MR) is 68.5 cm³/mol. The van der Waals surface area contributed by atoms with E-state index >= 15 is 0 Å². The van der Waals surface area contributed by atoms with Crippen molar-refractivity contribution in [3.05, 3.63) is 23.9 Å². The zero-order chi connectivity index (χ0) is 12.3. The maximum absolute atomic E-state index is 10.7. The summed E-state index contributed by atoms with van der Waals surface area (Å²) in [4.78, 5) is 14.9. The minimum absolute atomic E-state index is 0.256. The van der Waals surface area contributed by atoms with E-state index in [4.69, 9.17) is 5.11 Å². The van der Waals surface area contributed by atoms with Crippen LogP contribution >= 0.6 is 11.8 Å². The molecule has 1 aromatic heterocycles. The van der Waals surface area contributed by atoms with Crippen LogP contribution in [0.15, 0.2) is 23.4 Å². The highest BCUT2D eigenvalue weighted by Gasteiger charge is 2.20. The molecule has 1 aliphatic carbocycles. The second-order valence-corrected chi connectivity index (χ2v) is 6.02. The van der Waals surface area contributed by atoms with Crippen molar-refractivity contribution < 1.29 is 9.90 Å². The van der Waals surface area contributed by atoms with Crippen LogP contribution < -0.4 is 0 Å². The molecule has 0 spiro atoms. The SMILES string of the molecule is CC1CCCC(Sc2ccc(C(=O)O)cn2)C1. The molecule has 2 unspecified atom stereocenters. The molecule has 4 heteroatoms. The topological polar surface area (TPSA) is 50.2 Å². The first kappa shape index (κ1) is 12.4. The largest absolute Gasteiger partial charge is 0.478 e. The van der Waals surface area contributed by atoms with Crippen molar-refractivity contribution in [2.24, 2.45) is 5.92 Å². The van der Waals surface area contributed by atoms with Crippen LogP contribution in [0.2, 0.25) is 0 Å². The summed E-state index contributed by atoms with van der Waals surface area (Å²) in [7, 11) is 0. The second kappa shape index (κ2) is 5.54. The van der Waals surface area contributed by atoms with Gasteiger partial charge in [-0.2, -0.15) is 0 Å². The Kier molecular flexibility index (Phi) is 4.05. The number of hydrogen-bond donors (Lipinski definition) is 1. The van der Waals surface area contributed by atoms with Gasteiger partial charge in [0.2, 0.25) is 0 Å². The molecule has 92 valence electrons. The maximum Gasteiger partial charge on any atom is 0.337 e. The lowest BCUT2D eigenvalue weighted by atomic mass is 9.91. The van der Waals surface area contributed by atoms with E-state index < -0.39 is 5.97 Å². The van der Waals surface area contributed by atoms with E-state index in [1.165, 1.54) is 31.9 Å². The van der Waals surface area contributed by atoms with E-state index in [2.05, 4.69) is 11.9 Å². The van der Waals surface area contributed by atoms with Gasteiger partial charge in [0, 0.05) is 11.4 Å². The third-order valence-electron chi connectivity index (χ3n) is 3.16. The van der Waals surface area contributed by atoms with E-state index in [0.29, 0.717) is 5.25 Å². The Morgan fingerprint density at radius 1 is 1.47 bits per heavy atom. The number of aromatic carboxylic acids is 1. The monoisotopic (exact) mass is 251 g/mol. The number of thioether (sulfide) groups is 1. The second-order valence-electron chi connectivity index (χ2n) is 4.70. The Balaban J connectivity index is 1.96. The fraction of sp³-hybridized carbons (Fsp3) is 0.538. The minimum atomic E-state index is -0.916. The van der Waals surface area contributed by atoms with Crippen LogP contribution in [0.5, 0.6) is 0 Å². The highest BCUT2D eigenvalue weighted by Crippen LogP contribution is 2.35. The van der Waals surface area contributed by atoms with Crippen LogP contribution in [0.4, 0.5) is 0 Å². The van der Waals surface area contributed by atoms with E-state index in [-0.39, 0.29) is 5.56 Å². The Morgan fingerprint density at radius 3 is 2.88 bits per heavy atom. The number of rotatable bonds is 3. The molecule has 0 radical (unpaired) electrons. The average molecular weight is 251 g/mol. The van der Waals surface area contributed by atoms with Crippen LogP contribution in [0.3, 0.4) is 0 Å². The van der Waals surface area contributed by atoms with Gasteiger partial charge in [0.25, 0.3) is 0 Å². The first-order valence-corrected chi connectivity index (χ1v) is 6.89. The zero-order valence-corrected chi connectivity index (χ0v) is 10.7. The quantitative estimate of drug-likeness (QED) is 0.894. The standard InChI is InChI=1S/C13H17NO2S/c1-9-3-2-4-11(7-9)17-12-6-5-10(8-14-12)13(15)16/h5-6,8-9,11H,2-4,7H2,1H3,(H,15,16). The molecule has 1 heterocycles. The van der Waals surface area contributed by atoms with Gasteiger partial charge in [-0.3, -0.25) is 0 Å². The molecule has 0 amide bonds. The fourth-order valence-corrected chi connectivity index (χ4v) is 3.54. The molecule has 3 nitrogen and oxygen atoms in total. The van der Waals surface area contributed by atoms with E-state index in [9.17, 15) is 4.79 Å². The van der Waals surface area contributed by atoms with Crippen molar-refractivity contribution in [2.45, 2.75) is 42.9 Å². The van der Waals surface area contributed by atoms with Crippen molar-refractivity contribution >= 4 is 17.7 Å². The van der Waals surface area contributed by atoms with Gasteiger partial charge in [-0.1, -0.05) is 19.8 Å². The summed E-state index contributed by atoms with van der Waals surface area (Å²) in [6.45, 7) is 2.30. The zero-order valence-electron chi connectivity index (χ0n) is 9.93. The Hall–Kier alpha value is -1.03. The minimum Gasteiger partial charge on any atom is -0.478 e. The van der Waals surface area contributed by atoms with Crippen LogP contribution in [0, 0.1) is 5.92 Å². The molecule has 0 aromatic carbocycles. The number of nitrogens with zero attached hydrogens (tertiary/aromatic N) is 1. The number of hydrogen-bond acceptors (Lipinski definition) is 3. The molecule has 0 saturated heterocycles. The molecular weight excluding hydrogens is 234 g/mol. The first-order valence-electron chi connectivity index (χ1n) is 6.01. The van der Waals surface area contributed by atoms with Crippen LogP contribution in [-0.2, 0) is 0 Å². The van der Waals surface area contributed by atoms with E-state index in [1.54, 1.807) is 17.8 Å². The fourth-order valence-electron chi connectivity index (χ4n) is 2.23. The average Bonchev–Trinajstić information content (AvgIpc) is 2.29. The third kappa shape index (κ3) is 3.46. The maximum atomic E-state index is 10.7. The van der Waals surface area contributed by atoms with Gasteiger partial charge in [0.15, 0.2) is 0 Å². The molecule has 0 bridgehead atoms. The molecule has 17 heavy (non-hydrogen) atoms. The normalized spacial score (nSPS) is 24.5. The lowest BCUT2D eigenvalue weighted by molar-refractivity contribution is 0.0696. The van der Waals surface area contributed by atoms with Crippen LogP contribution in [0.25, 0.3) is 0 Å². The molecule has 1 saturated carbocycles. The predicted octanol–water partition coefficient (Wildman–Crippen LogP) is 3.45. The molecule has 0 aliphatic heterocycles. The summed E-state index contributed by atoms with van der Waals surface area (Å²) in [6.07, 6.45) is 6.57. The molecule has 1 fully saturated rings. The summed E-state index contributed by atoms with van der Waals surface area (Å²) >= 11 is 1.78. The molecule has 1 N–H and O–H groups in total. The lowest BCUT2D eigenvalue weighted by Gasteiger charge is -2.25. The molecule has 2 atom stereocenters. The van der Waals surface area contributed by atoms with Crippen molar-refractivity contribution in [3.63, 3.8) is 0 Å². The third-order valence-corrected chi connectivity index (χ3v) is 4.40.